The number of benzene rings is 3. The smallest absolute Gasteiger partial charge is 0.278 e. The van der Waals surface area contributed by atoms with Crippen LogP contribution in [0.2, 0.25) is 0 Å². The summed E-state index contributed by atoms with van der Waals surface area (Å²) >= 11 is 0. The second kappa shape index (κ2) is 7.38. The van der Waals surface area contributed by atoms with E-state index in [1.807, 2.05) is 60.7 Å². The van der Waals surface area contributed by atoms with E-state index in [9.17, 15) is 9.18 Å². The first-order chi connectivity index (χ1) is 13.2. The van der Waals surface area contributed by atoms with Gasteiger partial charge in [-0.05, 0) is 29.3 Å². The van der Waals surface area contributed by atoms with E-state index in [1.54, 1.807) is 23.1 Å². The van der Waals surface area contributed by atoms with Gasteiger partial charge in [0.15, 0.2) is 0 Å². The average Bonchev–Trinajstić information content (AvgIpc) is 3.01. The minimum absolute atomic E-state index is 0.165. The monoisotopic (exact) mass is 356 g/mol. The molecule has 27 heavy (non-hydrogen) atoms. The zero-order valence-electron chi connectivity index (χ0n) is 14.5. The summed E-state index contributed by atoms with van der Waals surface area (Å²) in [4.78, 5) is 19.3. The lowest BCUT2D eigenvalue weighted by Crippen LogP contribution is -2.32. The quantitative estimate of drug-likeness (QED) is 0.626. The highest BCUT2D eigenvalue weighted by Crippen LogP contribution is 2.24. The van der Waals surface area contributed by atoms with E-state index in [-0.39, 0.29) is 11.7 Å². The topological polar surface area (TPSA) is 32.7 Å². The Morgan fingerprint density at radius 1 is 0.852 bits per heavy atom. The standard InChI is InChI=1S/C23H17FN2O/c24-20-13-11-17(12-14-20)15-21-23(27)26(16-18-7-3-1-4-8-18)22(25-21)19-9-5-2-6-10-19/h1-15H,16H2/b21-15-. The lowest BCUT2D eigenvalue weighted by molar-refractivity contribution is -0.123. The molecule has 132 valence electrons. The highest BCUT2D eigenvalue weighted by molar-refractivity contribution is 6.19. The maximum atomic E-state index is 13.1. The molecule has 0 aromatic heterocycles. The number of amides is 1. The zero-order chi connectivity index (χ0) is 18.6. The Hall–Kier alpha value is -3.53. The van der Waals surface area contributed by atoms with E-state index in [0.29, 0.717) is 18.1 Å². The summed E-state index contributed by atoms with van der Waals surface area (Å²) in [6.07, 6.45) is 1.69. The predicted octanol–water partition coefficient (Wildman–Crippen LogP) is 4.66. The van der Waals surface area contributed by atoms with E-state index in [4.69, 9.17) is 0 Å². The first-order valence-electron chi connectivity index (χ1n) is 8.68. The molecule has 3 nitrogen and oxygen atoms in total. The number of hydrogen-bond acceptors (Lipinski definition) is 2. The molecule has 0 fully saturated rings. The Balaban J connectivity index is 1.72. The van der Waals surface area contributed by atoms with Crippen molar-refractivity contribution in [2.45, 2.75) is 6.54 Å². The van der Waals surface area contributed by atoms with Crippen molar-refractivity contribution in [3.05, 3.63) is 113 Å². The fourth-order valence-corrected chi connectivity index (χ4v) is 2.99. The lowest BCUT2D eigenvalue weighted by Gasteiger charge is -2.18. The molecule has 0 aliphatic carbocycles. The van der Waals surface area contributed by atoms with Crippen LogP contribution in [0.4, 0.5) is 4.39 Å². The first kappa shape index (κ1) is 16.9. The molecule has 0 spiro atoms. The highest BCUT2D eigenvalue weighted by atomic mass is 19.1. The molecule has 0 atom stereocenters. The van der Waals surface area contributed by atoms with Crippen LogP contribution in [0, 0.1) is 5.82 Å². The number of rotatable bonds is 4. The summed E-state index contributed by atoms with van der Waals surface area (Å²) in [5.74, 6) is 0.147. The second-order valence-corrected chi connectivity index (χ2v) is 6.26. The Morgan fingerprint density at radius 3 is 2.15 bits per heavy atom. The van der Waals surface area contributed by atoms with Crippen molar-refractivity contribution < 1.29 is 9.18 Å². The average molecular weight is 356 g/mol. The molecule has 3 aromatic rings. The molecule has 1 heterocycles. The molecule has 1 amide bonds. The Labute approximate surface area is 157 Å². The maximum absolute atomic E-state index is 13.1. The van der Waals surface area contributed by atoms with E-state index < -0.39 is 0 Å². The van der Waals surface area contributed by atoms with Crippen LogP contribution in [-0.2, 0) is 11.3 Å². The largest absolute Gasteiger partial charge is 0.286 e. The van der Waals surface area contributed by atoms with E-state index in [0.717, 1.165) is 16.7 Å². The fourth-order valence-electron chi connectivity index (χ4n) is 2.99. The zero-order valence-corrected chi connectivity index (χ0v) is 14.5. The van der Waals surface area contributed by atoms with Crippen LogP contribution in [0.25, 0.3) is 6.08 Å². The third-order valence-corrected chi connectivity index (χ3v) is 4.34. The number of carbonyl (C=O) groups excluding carboxylic acids is 1. The van der Waals surface area contributed by atoms with Gasteiger partial charge < -0.3 is 0 Å². The van der Waals surface area contributed by atoms with Crippen LogP contribution in [0.15, 0.2) is 95.6 Å². The van der Waals surface area contributed by atoms with Crippen LogP contribution in [0.5, 0.6) is 0 Å². The number of hydrogen-bond donors (Lipinski definition) is 0. The molecule has 0 unspecified atom stereocenters. The summed E-state index contributed by atoms with van der Waals surface area (Å²) in [6.45, 7) is 0.439. The van der Waals surface area contributed by atoms with Gasteiger partial charge >= 0.3 is 0 Å². The highest BCUT2D eigenvalue weighted by Gasteiger charge is 2.31. The van der Waals surface area contributed by atoms with Crippen LogP contribution < -0.4 is 0 Å². The van der Waals surface area contributed by atoms with Crippen LogP contribution in [-0.4, -0.2) is 16.6 Å². The molecule has 0 saturated heterocycles. The molecule has 0 bridgehead atoms. The number of aliphatic imine (C=N–C) groups is 1. The van der Waals surface area contributed by atoms with Crippen molar-refractivity contribution >= 4 is 17.8 Å². The summed E-state index contributed by atoms with van der Waals surface area (Å²) in [7, 11) is 0. The number of nitrogens with zero attached hydrogens (tertiary/aromatic N) is 2. The Kier molecular flexibility index (Phi) is 4.62. The van der Waals surface area contributed by atoms with Gasteiger partial charge in [-0.1, -0.05) is 72.8 Å². The second-order valence-electron chi connectivity index (χ2n) is 6.26. The van der Waals surface area contributed by atoms with Crippen molar-refractivity contribution in [2.75, 3.05) is 0 Å². The van der Waals surface area contributed by atoms with Gasteiger partial charge in [-0.15, -0.1) is 0 Å². The van der Waals surface area contributed by atoms with Crippen molar-refractivity contribution in [3.8, 4) is 0 Å². The van der Waals surface area contributed by atoms with Gasteiger partial charge in [-0.2, -0.15) is 0 Å². The van der Waals surface area contributed by atoms with Gasteiger partial charge in [0, 0.05) is 5.56 Å². The third kappa shape index (κ3) is 3.70. The Morgan fingerprint density at radius 2 is 1.48 bits per heavy atom. The molecule has 4 rings (SSSR count). The minimum Gasteiger partial charge on any atom is -0.286 e. The van der Waals surface area contributed by atoms with E-state index in [2.05, 4.69) is 4.99 Å². The molecule has 1 aliphatic rings. The SMILES string of the molecule is O=C1/C(=C/c2ccc(F)cc2)N=C(c2ccccc2)N1Cc1ccccc1. The van der Waals surface area contributed by atoms with Gasteiger partial charge in [-0.3, -0.25) is 9.69 Å². The summed E-state index contributed by atoms with van der Waals surface area (Å²) < 4.78 is 13.1. The number of halogens is 1. The first-order valence-corrected chi connectivity index (χ1v) is 8.68. The van der Waals surface area contributed by atoms with Crippen LogP contribution in [0.1, 0.15) is 16.7 Å². The molecular weight excluding hydrogens is 339 g/mol. The summed E-state index contributed by atoms with van der Waals surface area (Å²) in [6, 6.07) is 25.5. The molecule has 0 N–H and O–H groups in total. The fraction of sp³-hybridized carbons (Fsp3) is 0.0435. The molecule has 4 heteroatoms. The summed E-state index contributed by atoms with van der Waals surface area (Å²) in [5, 5.41) is 0. The molecule has 3 aromatic carbocycles. The lowest BCUT2D eigenvalue weighted by atomic mass is 10.1. The van der Waals surface area contributed by atoms with Crippen molar-refractivity contribution in [1.82, 2.24) is 4.90 Å². The van der Waals surface area contributed by atoms with Crippen molar-refractivity contribution in [3.63, 3.8) is 0 Å². The van der Waals surface area contributed by atoms with Gasteiger partial charge in [0.1, 0.15) is 17.3 Å². The molecular formula is C23H17FN2O. The van der Waals surface area contributed by atoms with Gasteiger partial charge in [0.05, 0.1) is 6.54 Å². The predicted molar refractivity (Wildman–Crippen MR) is 104 cm³/mol. The van der Waals surface area contributed by atoms with Crippen LogP contribution in [0.3, 0.4) is 0 Å². The van der Waals surface area contributed by atoms with E-state index >= 15 is 0 Å². The summed E-state index contributed by atoms with van der Waals surface area (Å²) in [5.41, 5.74) is 2.98. The maximum Gasteiger partial charge on any atom is 0.278 e. The van der Waals surface area contributed by atoms with Gasteiger partial charge in [0.2, 0.25) is 0 Å². The molecule has 0 saturated carbocycles. The normalized spacial score (nSPS) is 15.3. The van der Waals surface area contributed by atoms with Gasteiger partial charge in [0.25, 0.3) is 5.91 Å². The number of carbonyl (C=O) groups is 1. The third-order valence-electron chi connectivity index (χ3n) is 4.34. The molecule has 1 aliphatic heterocycles. The van der Waals surface area contributed by atoms with Crippen molar-refractivity contribution in [1.29, 1.82) is 0 Å². The van der Waals surface area contributed by atoms with E-state index in [1.165, 1.54) is 12.1 Å². The van der Waals surface area contributed by atoms with Crippen molar-refractivity contribution in [2.24, 2.45) is 4.99 Å². The number of amidine groups is 1. The Bertz CT molecular complexity index is 1010. The molecule has 0 radical (unpaired) electrons. The van der Waals surface area contributed by atoms with Crippen LogP contribution >= 0.6 is 0 Å². The van der Waals surface area contributed by atoms with Gasteiger partial charge in [-0.25, -0.2) is 9.38 Å². The minimum atomic E-state index is -0.311.